The number of esters is 1. The van der Waals surface area contributed by atoms with Gasteiger partial charge in [-0.1, -0.05) is 6.07 Å². The van der Waals surface area contributed by atoms with Crippen molar-refractivity contribution in [2.45, 2.75) is 13.8 Å². The Morgan fingerprint density at radius 1 is 1.57 bits per heavy atom. The van der Waals surface area contributed by atoms with Gasteiger partial charge in [0.2, 0.25) is 0 Å². The number of hydrogen-bond acceptors (Lipinski definition) is 3. The number of carbonyl (C=O) groups excluding carboxylic acids is 1. The van der Waals surface area contributed by atoms with E-state index in [0.717, 1.165) is 5.69 Å². The molecule has 0 unspecified atom stereocenters. The van der Waals surface area contributed by atoms with E-state index < -0.39 is 5.97 Å². The molecular weight excluding hydrogens is 178 g/mol. The lowest BCUT2D eigenvalue weighted by Gasteiger charge is -1.92. The third-order valence-corrected chi connectivity index (χ3v) is 1.46. The molecule has 3 heteroatoms. The highest BCUT2D eigenvalue weighted by molar-refractivity contribution is 5.88. The molecule has 0 bridgehead atoms. The summed E-state index contributed by atoms with van der Waals surface area (Å²) < 4.78 is 4.65. The Morgan fingerprint density at radius 3 is 3.00 bits per heavy atom. The Morgan fingerprint density at radius 2 is 2.36 bits per heavy atom. The molecular formula is C11H11NO2. The zero-order chi connectivity index (χ0) is 10.4. The van der Waals surface area contributed by atoms with Crippen LogP contribution in [0.25, 0.3) is 0 Å². The lowest BCUT2D eigenvalue weighted by molar-refractivity contribution is -0.136. The minimum absolute atomic E-state index is 0.342. The fourth-order valence-corrected chi connectivity index (χ4v) is 0.895. The van der Waals surface area contributed by atoms with E-state index in [1.54, 1.807) is 13.0 Å². The average Bonchev–Trinajstić information content (AvgIpc) is 2.15. The maximum atomic E-state index is 10.9. The molecule has 0 aromatic carbocycles. The van der Waals surface area contributed by atoms with Gasteiger partial charge in [0.05, 0.1) is 6.61 Å². The molecule has 1 aromatic heterocycles. The van der Waals surface area contributed by atoms with E-state index in [1.165, 1.54) is 0 Å². The first-order chi connectivity index (χ1) is 6.72. The van der Waals surface area contributed by atoms with Crippen LogP contribution in [0.15, 0.2) is 18.2 Å². The summed E-state index contributed by atoms with van der Waals surface area (Å²) in [6.45, 7) is 3.95. The first-order valence-electron chi connectivity index (χ1n) is 4.35. The summed E-state index contributed by atoms with van der Waals surface area (Å²) in [7, 11) is 0. The van der Waals surface area contributed by atoms with Crippen LogP contribution >= 0.6 is 0 Å². The van der Waals surface area contributed by atoms with Crippen molar-refractivity contribution in [1.29, 1.82) is 0 Å². The Labute approximate surface area is 83.1 Å². The lowest BCUT2D eigenvalue weighted by atomic mass is 10.3. The summed E-state index contributed by atoms with van der Waals surface area (Å²) in [6.07, 6.45) is 0. The Balaban J connectivity index is 2.72. The van der Waals surface area contributed by atoms with Gasteiger partial charge in [-0.3, -0.25) is 0 Å². The molecule has 0 aliphatic carbocycles. The summed E-state index contributed by atoms with van der Waals surface area (Å²) in [5, 5.41) is 0. The highest BCUT2D eigenvalue weighted by Crippen LogP contribution is 1.95. The number of aryl methyl sites for hydroxylation is 1. The Kier molecular flexibility index (Phi) is 3.69. The molecule has 1 heterocycles. The van der Waals surface area contributed by atoms with Crippen molar-refractivity contribution in [3.63, 3.8) is 0 Å². The van der Waals surface area contributed by atoms with Gasteiger partial charge in [0, 0.05) is 11.6 Å². The number of aromatic nitrogens is 1. The predicted molar refractivity (Wildman–Crippen MR) is 52.5 cm³/mol. The maximum Gasteiger partial charge on any atom is 0.384 e. The van der Waals surface area contributed by atoms with Crippen molar-refractivity contribution in [3.8, 4) is 11.8 Å². The van der Waals surface area contributed by atoms with Crippen molar-refractivity contribution in [2.75, 3.05) is 6.61 Å². The van der Waals surface area contributed by atoms with Gasteiger partial charge in [0.15, 0.2) is 0 Å². The molecule has 0 amide bonds. The fourth-order valence-electron chi connectivity index (χ4n) is 0.895. The Hall–Kier alpha value is -1.82. The second-order valence-electron chi connectivity index (χ2n) is 2.63. The molecule has 0 spiro atoms. The van der Waals surface area contributed by atoms with Crippen LogP contribution in [0.4, 0.5) is 0 Å². The molecule has 1 rings (SSSR count). The number of ether oxygens (including phenoxy) is 1. The van der Waals surface area contributed by atoms with Crippen LogP contribution in [0.1, 0.15) is 18.3 Å². The number of carbonyl (C=O) groups is 1. The minimum atomic E-state index is -0.518. The van der Waals surface area contributed by atoms with E-state index in [1.807, 2.05) is 19.1 Å². The van der Waals surface area contributed by atoms with Crippen LogP contribution in [0, 0.1) is 18.8 Å². The highest BCUT2D eigenvalue weighted by Gasteiger charge is 1.93. The van der Waals surface area contributed by atoms with Gasteiger partial charge in [-0.2, -0.15) is 0 Å². The molecule has 3 nitrogen and oxygen atoms in total. The van der Waals surface area contributed by atoms with Crippen LogP contribution in [0.3, 0.4) is 0 Å². The number of pyridine rings is 1. The van der Waals surface area contributed by atoms with Crippen LogP contribution < -0.4 is 0 Å². The van der Waals surface area contributed by atoms with Gasteiger partial charge in [-0.25, -0.2) is 9.78 Å². The number of rotatable bonds is 1. The van der Waals surface area contributed by atoms with Gasteiger partial charge < -0.3 is 4.74 Å². The van der Waals surface area contributed by atoms with E-state index >= 15 is 0 Å². The monoisotopic (exact) mass is 189 g/mol. The summed E-state index contributed by atoms with van der Waals surface area (Å²) in [4.78, 5) is 15.0. The lowest BCUT2D eigenvalue weighted by Crippen LogP contribution is -1.99. The van der Waals surface area contributed by atoms with E-state index in [0.29, 0.717) is 12.3 Å². The van der Waals surface area contributed by atoms with Crippen LogP contribution in [-0.4, -0.2) is 17.6 Å². The van der Waals surface area contributed by atoms with E-state index in [-0.39, 0.29) is 0 Å². The summed E-state index contributed by atoms with van der Waals surface area (Å²) >= 11 is 0. The molecule has 72 valence electrons. The maximum absolute atomic E-state index is 10.9. The fraction of sp³-hybridized carbons (Fsp3) is 0.273. The summed E-state index contributed by atoms with van der Waals surface area (Å²) in [5.74, 6) is 4.47. The molecule has 14 heavy (non-hydrogen) atoms. The van der Waals surface area contributed by atoms with Gasteiger partial charge in [0.1, 0.15) is 5.69 Å². The van der Waals surface area contributed by atoms with Crippen molar-refractivity contribution in [2.24, 2.45) is 0 Å². The smallest absolute Gasteiger partial charge is 0.384 e. The average molecular weight is 189 g/mol. The third-order valence-electron chi connectivity index (χ3n) is 1.46. The van der Waals surface area contributed by atoms with Crippen molar-refractivity contribution in [3.05, 3.63) is 29.6 Å². The predicted octanol–water partition coefficient (Wildman–Crippen LogP) is 1.30. The zero-order valence-electron chi connectivity index (χ0n) is 8.20. The molecule has 0 aliphatic heterocycles. The molecule has 0 aliphatic rings. The van der Waals surface area contributed by atoms with Crippen LogP contribution in [0.5, 0.6) is 0 Å². The summed E-state index contributed by atoms with van der Waals surface area (Å²) in [6, 6.07) is 5.46. The molecule has 0 saturated heterocycles. The van der Waals surface area contributed by atoms with Crippen molar-refractivity contribution < 1.29 is 9.53 Å². The number of hydrogen-bond donors (Lipinski definition) is 0. The van der Waals surface area contributed by atoms with Crippen molar-refractivity contribution in [1.82, 2.24) is 4.98 Å². The van der Waals surface area contributed by atoms with E-state index in [2.05, 4.69) is 21.6 Å². The Bertz CT molecular complexity index is 388. The molecule has 0 atom stereocenters. The van der Waals surface area contributed by atoms with E-state index in [9.17, 15) is 4.79 Å². The highest BCUT2D eigenvalue weighted by atomic mass is 16.5. The minimum Gasteiger partial charge on any atom is -0.456 e. The molecule has 0 saturated carbocycles. The van der Waals surface area contributed by atoms with Gasteiger partial charge in [0.25, 0.3) is 0 Å². The zero-order valence-corrected chi connectivity index (χ0v) is 8.20. The molecule has 0 radical (unpaired) electrons. The normalized spacial score (nSPS) is 8.71. The van der Waals surface area contributed by atoms with Gasteiger partial charge in [-0.15, -0.1) is 0 Å². The van der Waals surface area contributed by atoms with Gasteiger partial charge in [-0.05, 0) is 31.9 Å². The summed E-state index contributed by atoms with van der Waals surface area (Å²) in [5.41, 5.74) is 1.46. The third kappa shape index (κ3) is 3.28. The van der Waals surface area contributed by atoms with Crippen LogP contribution in [-0.2, 0) is 9.53 Å². The first kappa shape index (κ1) is 10.3. The molecule has 0 fully saturated rings. The number of nitrogens with zero attached hydrogens (tertiary/aromatic N) is 1. The molecule has 1 aromatic rings. The SMILES string of the molecule is CCOC(=O)C#Cc1cccc(C)n1. The van der Waals surface area contributed by atoms with Crippen LogP contribution in [0.2, 0.25) is 0 Å². The molecule has 0 N–H and O–H groups in total. The van der Waals surface area contributed by atoms with Gasteiger partial charge >= 0.3 is 5.97 Å². The second kappa shape index (κ2) is 5.03. The largest absolute Gasteiger partial charge is 0.456 e. The topological polar surface area (TPSA) is 39.2 Å². The quantitative estimate of drug-likeness (QED) is 0.494. The van der Waals surface area contributed by atoms with E-state index in [4.69, 9.17) is 0 Å². The first-order valence-corrected chi connectivity index (χ1v) is 4.35. The van der Waals surface area contributed by atoms with Crippen molar-refractivity contribution >= 4 is 5.97 Å². The second-order valence-corrected chi connectivity index (χ2v) is 2.63. The standard InChI is InChI=1S/C11H11NO2/c1-3-14-11(13)8-7-10-6-4-5-9(2)12-10/h4-6H,3H2,1-2H3.